The third kappa shape index (κ3) is 4.10. The van der Waals surface area contributed by atoms with E-state index >= 15 is 0 Å². The summed E-state index contributed by atoms with van der Waals surface area (Å²) in [4.78, 5) is 8.77. The van der Waals surface area contributed by atoms with Crippen molar-refractivity contribution in [2.75, 3.05) is 18.5 Å². The predicted molar refractivity (Wildman–Crippen MR) is 75.2 cm³/mol. The van der Waals surface area contributed by atoms with Crippen molar-refractivity contribution in [3.63, 3.8) is 0 Å². The Morgan fingerprint density at radius 1 is 1.28 bits per heavy atom. The minimum absolute atomic E-state index is 0.212. The van der Waals surface area contributed by atoms with Gasteiger partial charge in [-0.2, -0.15) is 0 Å². The fourth-order valence-corrected chi connectivity index (χ4v) is 1.71. The van der Waals surface area contributed by atoms with Crippen molar-refractivity contribution in [3.05, 3.63) is 16.5 Å². The second-order valence-corrected chi connectivity index (χ2v) is 5.36. The molecule has 0 aliphatic carbocycles. The Bertz CT molecular complexity index is 396. The highest BCUT2D eigenvalue weighted by molar-refractivity contribution is 6.30. The summed E-state index contributed by atoms with van der Waals surface area (Å²) in [7, 11) is 0. The van der Waals surface area contributed by atoms with Crippen LogP contribution < -0.4 is 5.32 Å². The number of rotatable bonds is 6. The van der Waals surface area contributed by atoms with Crippen LogP contribution in [0.3, 0.4) is 0 Å². The van der Waals surface area contributed by atoms with Crippen LogP contribution in [0.5, 0.6) is 0 Å². The third-order valence-electron chi connectivity index (χ3n) is 2.86. The molecule has 0 spiro atoms. The van der Waals surface area contributed by atoms with Crippen LogP contribution >= 0.6 is 11.6 Å². The number of nitrogens with zero attached hydrogens (tertiary/aromatic N) is 2. The number of nitrogens with one attached hydrogen (secondary N) is 1. The molecule has 0 amide bonds. The monoisotopic (exact) mass is 271 g/mol. The first-order valence-electron chi connectivity index (χ1n) is 6.34. The van der Waals surface area contributed by atoms with E-state index in [9.17, 15) is 0 Å². The Balaban J connectivity index is 2.81. The van der Waals surface area contributed by atoms with Crippen molar-refractivity contribution >= 4 is 17.4 Å². The minimum Gasteiger partial charge on any atom is -0.396 e. The molecule has 18 heavy (non-hydrogen) atoms. The number of hydrogen-bond donors (Lipinski definition) is 2. The highest BCUT2D eigenvalue weighted by Crippen LogP contribution is 2.23. The SMILES string of the molecule is Cc1c(Cl)nc(C(C)C)nc1NCC(C)CCO. The summed E-state index contributed by atoms with van der Waals surface area (Å²) in [5.74, 6) is 2.19. The van der Waals surface area contributed by atoms with Gasteiger partial charge in [0, 0.05) is 24.6 Å². The molecule has 0 aliphatic rings. The molecule has 1 rings (SSSR count). The van der Waals surface area contributed by atoms with E-state index in [-0.39, 0.29) is 12.5 Å². The van der Waals surface area contributed by atoms with Crippen LogP contribution in [0.4, 0.5) is 5.82 Å². The summed E-state index contributed by atoms with van der Waals surface area (Å²) in [6.07, 6.45) is 0.780. The van der Waals surface area contributed by atoms with E-state index in [1.165, 1.54) is 0 Å². The van der Waals surface area contributed by atoms with Gasteiger partial charge in [0.2, 0.25) is 0 Å². The summed E-state index contributed by atoms with van der Waals surface area (Å²) >= 11 is 6.11. The maximum atomic E-state index is 8.87. The number of hydrogen-bond acceptors (Lipinski definition) is 4. The lowest BCUT2D eigenvalue weighted by atomic mass is 10.1. The molecule has 0 fully saturated rings. The molecule has 1 unspecified atom stereocenters. The second-order valence-electron chi connectivity index (χ2n) is 5.00. The molecule has 0 saturated carbocycles. The van der Waals surface area contributed by atoms with Gasteiger partial charge in [0.15, 0.2) is 0 Å². The molecule has 4 nitrogen and oxygen atoms in total. The largest absolute Gasteiger partial charge is 0.396 e. The van der Waals surface area contributed by atoms with Gasteiger partial charge >= 0.3 is 0 Å². The van der Waals surface area contributed by atoms with Gasteiger partial charge < -0.3 is 10.4 Å². The van der Waals surface area contributed by atoms with Crippen LogP contribution in [0, 0.1) is 12.8 Å². The lowest BCUT2D eigenvalue weighted by Gasteiger charge is -2.15. The highest BCUT2D eigenvalue weighted by atomic mass is 35.5. The molecule has 1 aromatic rings. The van der Waals surface area contributed by atoms with Gasteiger partial charge in [-0.1, -0.05) is 32.4 Å². The van der Waals surface area contributed by atoms with E-state index in [1.54, 1.807) is 0 Å². The zero-order valence-electron chi connectivity index (χ0n) is 11.5. The van der Waals surface area contributed by atoms with Crippen LogP contribution in [0.2, 0.25) is 5.15 Å². The predicted octanol–water partition coefficient (Wildman–Crippen LogP) is 2.99. The molecule has 0 aliphatic heterocycles. The molecule has 0 aromatic carbocycles. The summed E-state index contributed by atoms with van der Waals surface area (Å²) in [6, 6.07) is 0. The number of aliphatic hydroxyl groups excluding tert-OH is 1. The van der Waals surface area contributed by atoms with Crippen molar-refractivity contribution in [1.29, 1.82) is 0 Å². The van der Waals surface area contributed by atoms with Gasteiger partial charge in [0.05, 0.1) is 0 Å². The van der Waals surface area contributed by atoms with E-state index in [1.807, 2.05) is 20.8 Å². The Morgan fingerprint density at radius 3 is 2.50 bits per heavy atom. The Kier molecular flexibility index (Phi) is 5.82. The smallest absolute Gasteiger partial charge is 0.137 e. The van der Waals surface area contributed by atoms with Gasteiger partial charge in [-0.3, -0.25) is 0 Å². The Hall–Kier alpha value is -0.870. The van der Waals surface area contributed by atoms with Gasteiger partial charge in [-0.15, -0.1) is 0 Å². The third-order valence-corrected chi connectivity index (χ3v) is 3.23. The van der Waals surface area contributed by atoms with E-state index in [2.05, 4.69) is 22.2 Å². The maximum Gasteiger partial charge on any atom is 0.137 e. The zero-order valence-corrected chi connectivity index (χ0v) is 12.3. The van der Waals surface area contributed by atoms with Crippen LogP contribution in [0.25, 0.3) is 0 Å². The average Bonchev–Trinajstić information content (AvgIpc) is 2.31. The van der Waals surface area contributed by atoms with Crippen LogP contribution in [0.1, 0.15) is 44.5 Å². The summed E-state index contributed by atoms with van der Waals surface area (Å²) in [5.41, 5.74) is 0.872. The first-order chi connectivity index (χ1) is 8.45. The first kappa shape index (κ1) is 15.2. The van der Waals surface area contributed by atoms with Gasteiger partial charge in [-0.25, -0.2) is 9.97 Å². The normalized spacial score (nSPS) is 12.8. The molecular formula is C13H22ClN3O. The zero-order chi connectivity index (χ0) is 13.7. The Morgan fingerprint density at radius 2 is 1.94 bits per heavy atom. The molecule has 5 heteroatoms. The van der Waals surface area contributed by atoms with E-state index in [4.69, 9.17) is 16.7 Å². The van der Waals surface area contributed by atoms with Gasteiger partial charge in [0.1, 0.15) is 16.8 Å². The molecule has 0 bridgehead atoms. The molecule has 102 valence electrons. The molecule has 1 atom stereocenters. The van der Waals surface area contributed by atoms with Crippen molar-refractivity contribution in [3.8, 4) is 0 Å². The fourth-order valence-electron chi connectivity index (χ4n) is 1.53. The lowest BCUT2D eigenvalue weighted by Crippen LogP contribution is -2.15. The van der Waals surface area contributed by atoms with E-state index < -0.39 is 0 Å². The number of anilines is 1. The molecule has 0 saturated heterocycles. The topological polar surface area (TPSA) is 58.0 Å². The summed E-state index contributed by atoms with van der Waals surface area (Å²) < 4.78 is 0. The maximum absolute atomic E-state index is 8.87. The van der Waals surface area contributed by atoms with Gasteiger partial charge in [-0.05, 0) is 19.3 Å². The minimum atomic E-state index is 0.212. The number of halogens is 1. The molecular weight excluding hydrogens is 250 g/mol. The van der Waals surface area contributed by atoms with E-state index in [0.717, 1.165) is 30.2 Å². The molecule has 0 radical (unpaired) electrons. The van der Waals surface area contributed by atoms with Crippen LogP contribution in [-0.4, -0.2) is 28.2 Å². The summed E-state index contributed by atoms with van der Waals surface area (Å²) in [6.45, 7) is 9.06. The highest BCUT2D eigenvalue weighted by Gasteiger charge is 2.12. The Labute approximate surface area is 114 Å². The van der Waals surface area contributed by atoms with Crippen LogP contribution in [0.15, 0.2) is 0 Å². The van der Waals surface area contributed by atoms with E-state index in [0.29, 0.717) is 11.1 Å². The van der Waals surface area contributed by atoms with Crippen molar-refractivity contribution < 1.29 is 5.11 Å². The second kappa shape index (κ2) is 6.90. The van der Waals surface area contributed by atoms with Crippen LogP contribution in [-0.2, 0) is 0 Å². The number of aliphatic hydroxyl groups is 1. The molecule has 1 heterocycles. The van der Waals surface area contributed by atoms with Crippen molar-refractivity contribution in [2.24, 2.45) is 5.92 Å². The quantitative estimate of drug-likeness (QED) is 0.781. The lowest BCUT2D eigenvalue weighted by molar-refractivity contribution is 0.266. The van der Waals surface area contributed by atoms with Crippen molar-refractivity contribution in [2.45, 2.75) is 40.0 Å². The number of aromatic nitrogens is 2. The van der Waals surface area contributed by atoms with Crippen molar-refractivity contribution in [1.82, 2.24) is 9.97 Å². The fraction of sp³-hybridized carbons (Fsp3) is 0.692. The first-order valence-corrected chi connectivity index (χ1v) is 6.72. The van der Waals surface area contributed by atoms with Gasteiger partial charge in [0.25, 0.3) is 0 Å². The average molecular weight is 272 g/mol. The molecule has 2 N–H and O–H groups in total. The standard InChI is InChI=1S/C13H22ClN3O/c1-8(2)12-16-11(14)10(4)13(17-12)15-7-9(3)5-6-18/h8-9,18H,5-7H2,1-4H3,(H,15,16,17). The summed E-state index contributed by atoms with van der Waals surface area (Å²) in [5, 5.41) is 12.7. The molecule has 1 aromatic heterocycles.